The van der Waals surface area contributed by atoms with Crippen molar-refractivity contribution in [2.45, 2.75) is 43.7 Å². The van der Waals surface area contributed by atoms with Gasteiger partial charge in [0.2, 0.25) is 0 Å². The summed E-state index contributed by atoms with van der Waals surface area (Å²) in [4.78, 5) is 0. The number of nitrogens with two attached hydrogens (primary N) is 1. The first kappa shape index (κ1) is 14.8. The summed E-state index contributed by atoms with van der Waals surface area (Å²) in [6.07, 6.45) is 4.17. The van der Waals surface area contributed by atoms with E-state index in [1.807, 2.05) is 0 Å². The first-order valence-corrected chi connectivity index (χ1v) is 9.10. The van der Waals surface area contributed by atoms with E-state index in [1.54, 1.807) is 15.8 Å². The van der Waals surface area contributed by atoms with Crippen molar-refractivity contribution in [2.24, 2.45) is 5.41 Å². The van der Waals surface area contributed by atoms with Crippen molar-refractivity contribution in [3.05, 3.63) is 11.4 Å². The quantitative estimate of drug-likeness (QED) is 0.930. The van der Waals surface area contributed by atoms with E-state index in [-0.39, 0.29) is 0 Å². The monoisotopic (exact) mass is 302 g/mol. The summed E-state index contributed by atoms with van der Waals surface area (Å²) >= 11 is 1.21. The maximum atomic E-state index is 12.5. The van der Waals surface area contributed by atoms with Crippen LogP contribution in [0, 0.1) is 5.41 Å². The van der Waals surface area contributed by atoms with Crippen molar-refractivity contribution >= 4 is 27.0 Å². The molecule has 0 radical (unpaired) electrons. The molecule has 0 bridgehead atoms. The number of thiophene rings is 1. The van der Waals surface area contributed by atoms with Gasteiger partial charge in [-0.3, -0.25) is 0 Å². The number of nitrogen functional groups attached to an aromatic ring is 1. The highest BCUT2D eigenvalue weighted by Crippen LogP contribution is 2.39. The average Bonchev–Trinajstić information content (AvgIpc) is 2.86. The van der Waals surface area contributed by atoms with Crippen LogP contribution < -0.4 is 5.73 Å². The number of nitrogens with zero attached hydrogens (tertiary/aromatic N) is 1. The third kappa shape index (κ3) is 2.80. The Labute approximate surface area is 119 Å². The number of anilines is 1. The van der Waals surface area contributed by atoms with Crippen molar-refractivity contribution in [3.8, 4) is 0 Å². The smallest absolute Gasteiger partial charge is 0.252 e. The van der Waals surface area contributed by atoms with Gasteiger partial charge in [-0.15, -0.1) is 11.3 Å². The van der Waals surface area contributed by atoms with Gasteiger partial charge in [-0.1, -0.05) is 26.7 Å². The fourth-order valence-electron chi connectivity index (χ4n) is 2.75. The zero-order chi connectivity index (χ0) is 14.1. The Morgan fingerprint density at radius 2 is 1.89 bits per heavy atom. The van der Waals surface area contributed by atoms with Gasteiger partial charge in [-0.05, 0) is 24.3 Å². The molecule has 2 N–H and O–H groups in total. The van der Waals surface area contributed by atoms with Crippen LogP contribution in [0.4, 0.5) is 5.69 Å². The Kier molecular flexibility index (Phi) is 4.23. The highest BCUT2D eigenvalue weighted by atomic mass is 32.2. The van der Waals surface area contributed by atoms with Gasteiger partial charge in [0.05, 0.1) is 0 Å². The largest absolute Gasteiger partial charge is 0.398 e. The molecular weight excluding hydrogens is 280 g/mol. The van der Waals surface area contributed by atoms with Gasteiger partial charge >= 0.3 is 0 Å². The lowest BCUT2D eigenvalue weighted by Crippen LogP contribution is -2.42. The molecule has 0 saturated carbocycles. The van der Waals surface area contributed by atoms with Crippen LogP contribution in [0.15, 0.2) is 15.7 Å². The van der Waals surface area contributed by atoms with Gasteiger partial charge in [0.1, 0.15) is 4.21 Å². The summed E-state index contributed by atoms with van der Waals surface area (Å²) in [5.74, 6) is 0. The standard InChI is InChI=1S/C13H22N2O2S2/c1-3-13(4-2)5-7-15(8-6-13)19(16,17)12-9-11(14)10-18-12/h9-10H,3-8,14H2,1-2H3. The lowest BCUT2D eigenvalue weighted by molar-refractivity contribution is 0.142. The Balaban J connectivity index is 2.13. The predicted octanol–water partition coefficient (Wildman–Crippen LogP) is 2.92. The molecule has 0 aromatic carbocycles. The van der Waals surface area contributed by atoms with E-state index in [9.17, 15) is 8.42 Å². The highest BCUT2D eigenvalue weighted by Gasteiger charge is 2.36. The van der Waals surface area contributed by atoms with Crippen molar-refractivity contribution < 1.29 is 8.42 Å². The molecule has 19 heavy (non-hydrogen) atoms. The molecule has 2 rings (SSSR count). The molecule has 0 aliphatic carbocycles. The fourth-order valence-corrected chi connectivity index (χ4v) is 5.42. The number of hydrogen-bond acceptors (Lipinski definition) is 4. The molecule has 4 nitrogen and oxygen atoms in total. The highest BCUT2D eigenvalue weighted by molar-refractivity contribution is 7.91. The maximum Gasteiger partial charge on any atom is 0.252 e. The Morgan fingerprint density at radius 1 is 1.32 bits per heavy atom. The molecular formula is C13H22N2O2S2. The molecule has 0 spiro atoms. The van der Waals surface area contributed by atoms with E-state index < -0.39 is 10.0 Å². The van der Waals surface area contributed by atoms with Gasteiger partial charge in [0, 0.05) is 24.2 Å². The van der Waals surface area contributed by atoms with E-state index >= 15 is 0 Å². The topological polar surface area (TPSA) is 63.4 Å². The van der Waals surface area contributed by atoms with E-state index in [2.05, 4.69) is 13.8 Å². The van der Waals surface area contributed by atoms with Gasteiger partial charge < -0.3 is 5.73 Å². The zero-order valence-electron chi connectivity index (χ0n) is 11.6. The second-order valence-electron chi connectivity index (χ2n) is 5.31. The fraction of sp³-hybridized carbons (Fsp3) is 0.692. The molecule has 108 valence electrons. The van der Waals surface area contributed by atoms with Gasteiger partial charge in [-0.25, -0.2) is 8.42 Å². The van der Waals surface area contributed by atoms with Crippen LogP contribution in [0.1, 0.15) is 39.5 Å². The van der Waals surface area contributed by atoms with Crippen molar-refractivity contribution in [2.75, 3.05) is 18.8 Å². The summed E-state index contributed by atoms with van der Waals surface area (Å²) in [5.41, 5.74) is 6.48. The molecule has 1 aromatic heterocycles. The van der Waals surface area contributed by atoms with Crippen LogP contribution >= 0.6 is 11.3 Å². The van der Waals surface area contributed by atoms with Gasteiger partial charge in [0.25, 0.3) is 10.0 Å². The predicted molar refractivity (Wildman–Crippen MR) is 79.7 cm³/mol. The molecule has 1 fully saturated rings. The normalized spacial score (nSPS) is 20.5. The number of rotatable bonds is 4. The molecule has 0 amide bonds. The molecule has 0 unspecified atom stereocenters. The number of piperidine rings is 1. The first-order chi connectivity index (χ1) is 8.93. The van der Waals surface area contributed by atoms with Gasteiger partial charge in [0.15, 0.2) is 0 Å². The minimum atomic E-state index is -3.34. The minimum absolute atomic E-state index is 0.334. The lowest BCUT2D eigenvalue weighted by atomic mass is 9.75. The number of hydrogen-bond donors (Lipinski definition) is 1. The molecule has 1 saturated heterocycles. The first-order valence-electron chi connectivity index (χ1n) is 6.78. The van der Waals surface area contributed by atoms with Crippen LogP contribution in [0.2, 0.25) is 0 Å². The second kappa shape index (κ2) is 5.42. The molecule has 1 aromatic rings. The van der Waals surface area contributed by atoms with Crippen molar-refractivity contribution in [3.63, 3.8) is 0 Å². The summed E-state index contributed by atoms with van der Waals surface area (Å²) < 4.78 is 26.9. The average molecular weight is 302 g/mol. The Bertz CT molecular complexity index is 523. The zero-order valence-corrected chi connectivity index (χ0v) is 13.2. The third-order valence-electron chi connectivity index (χ3n) is 4.47. The van der Waals surface area contributed by atoms with E-state index in [1.165, 1.54) is 11.3 Å². The van der Waals surface area contributed by atoms with E-state index in [4.69, 9.17) is 5.73 Å². The molecule has 6 heteroatoms. The Morgan fingerprint density at radius 3 is 2.32 bits per heavy atom. The Hall–Kier alpha value is -0.590. The van der Waals surface area contributed by atoms with E-state index in [0.29, 0.717) is 28.4 Å². The third-order valence-corrected chi connectivity index (χ3v) is 7.80. The van der Waals surface area contributed by atoms with Crippen LogP contribution in [0.3, 0.4) is 0 Å². The molecule has 1 aliphatic rings. The van der Waals surface area contributed by atoms with Crippen molar-refractivity contribution in [1.29, 1.82) is 0 Å². The van der Waals surface area contributed by atoms with Crippen LogP contribution in [-0.4, -0.2) is 25.8 Å². The maximum absolute atomic E-state index is 12.5. The van der Waals surface area contributed by atoms with E-state index in [0.717, 1.165) is 25.7 Å². The summed E-state index contributed by atoms with van der Waals surface area (Å²) in [6, 6.07) is 1.56. The summed E-state index contributed by atoms with van der Waals surface area (Å²) in [6.45, 7) is 5.66. The summed E-state index contributed by atoms with van der Waals surface area (Å²) in [5, 5.41) is 1.68. The van der Waals surface area contributed by atoms with Crippen molar-refractivity contribution in [1.82, 2.24) is 4.31 Å². The molecule has 0 atom stereocenters. The van der Waals surface area contributed by atoms with Crippen LogP contribution in [0.5, 0.6) is 0 Å². The summed E-state index contributed by atoms with van der Waals surface area (Å²) in [7, 11) is -3.34. The van der Waals surface area contributed by atoms with Gasteiger partial charge in [-0.2, -0.15) is 4.31 Å². The molecule has 2 heterocycles. The SMILES string of the molecule is CCC1(CC)CCN(S(=O)(=O)c2cc(N)cs2)CC1. The minimum Gasteiger partial charge on any atom is -0.398 e. The van der Waals surface area contributed by atoms with Crippen LogP contribution in [0.25, 0.3) is 0 Å². The second-order valence-corrected chi connectivity index (χ2v) is 8.39. The lowest BCUT2D eigenvalue weighted by Gasteiger charge is -2.40. The number of sulfonamides is 1. The van der Waals surface area contributed by atoms with Crippen LogP contribution in [-0.2, 0) is 10.0 Å². The molecule has 1 aliphatic heterocycles.